The molecule has 3 heteroatoms. The number of imidazole rings is 1. The molecule has 0 spiro atoms. The summed E-state index contributed by atoms with van der Waals surface area (Å²) in [6, 6.07) is 0.440. The molecule has 0 aromatic carbocycles. The molecule has 1 aromatic rings. The van der Waals surface area contributed by atoms with E-state index in [4.69, 9.17) is 0 Å². The molecule has 72 valence electrons. The number of rotatable bonds is 1. The lowest BCUT2D eigenvalue weighted by Gasteiger charge is -2.26. The fourth-order valence-electron chi connectivity index (χ4n) is 2.14. The number of hydrogen-bond donors (Lipinski definition) is 1. The molecular weight excluding hydrogens is 164 g/mol. The minimum absolute atomic E-state index is 0.0413. The molecule has 0 bridgehead atoms. The molecule has 0 aliphatic heterocycles. The maximum absolute atomic E-state index is 11.3. The van der Waals surface area contributed by atoms with Crippen LogP contribution in [0, 0.1) is 5.92 Å². The summed E-state index contributed by atoms with van der Waals surface area (Å²) in [6.07, 6.45) is 8.39. The van der Waals surface area contributed by atoms with Crippen molar-refractivity contribution in [2.45, 2.75) is 38.6 Å². The Kier molecular flexibility index (Phi) is 2.25. The summed E-state index contributed by atoms with van der Waals surface area (Å²) in [7, 11) is 0. The van der Waals surface area contributed by atoms with Crippen LogP contribution in [-0.2, 0) is 0 Å². The van der Waals surface area contributed by atoms with Crippen LogP contribution < -0.4 is 5.69 Å². The Morgan fingerprint density at radius 3 is 2.62 bits per heavy atom. The van der Waals surface area contributed by atoms with Crippen LogP contribution in [0.1, 0.15) is 38.6 Å². The largest absolute Gasteiger partial charge is 0.325 e. The Morgan fingerprint density at radius 1 is 1.38 bits per heavy atom. The maximum atomic E-state index is 11.3. The first-order valence-electron chi connectivity index (χ1n) is 5.03. The van der Waals surface area contributed by atoms with Crippen LogP contribution in [0.25, 0.3) is 0 Å². The lowest BCUT2D eigenvalue weighted by atomic mass is 9.87. The standard InChI is InChI=1S/C10H16N2O/c1-8-2-4-9(5-3-8)12-7-6-11-10(12)13/h6-9H,2-5H2,1H3,(H,11,13). The SMILES string of the molecule is CC1CCC(n2cc[nH]c2=O)CC1. The lowest BCUT2D eigenvalue weighted by molar-refractivity contribution is 0.285. The van der Waals surface area contributed by atoms with Gasteiger partial charge in [0.1, 0.15) is 0 Å². The van der Waals surface area contributed by atoms with Crippen molar-refractivity contribution < 1.29 is 0 Å². The molecule has 1 aliphatic rings. The fourth-order valence-corrected chi connectivity index (χ4v) is 2.14. The van der Waals surface area contributed by atoms with E-state index in [1.165, 1.54) is 12.8 Å². The van der Waals surface area contributed by atoms with E-state index in [1.807, 2.05) is 10.8 Å². The molecule has 1 aliphatic carbocycles. The van der Waals surface area contributed by atoms with Gasteiger partial charge in [0.15, 0.2) is 0 Å². The van der Waals surface area contributed by atoms with Gasteiger partial charge >= 0.3 is 5.69 Å². The van der Waals surface area contributed by atoms with E-state index in [0.29, 0.717) is 6.04 Å². The molecule has 1 N–H and O–H groups in total. The van der Waals surface area contributed by atoms with Crippen LogP contribution in [0.4, 0.5) is 0 Å². The molecule has 13 heavy (non-hydrogen) atoms. The van der Waals surface area contributed by atoms with Crippen molar-refractivity contribution in [3.8, 4) is 0 Å². The highest BCUT2D eigenvalue weighted by atomic mass is 16.1. The van der Waals surface area contributed by atoms with Crippen molar-refractivity contribution in [3.63, 3.8) is 0 Å². The third-order valence-corrected chi connectivity index (χ3v) is 3.06. The van der Waals surface area contributed by atoms with Gasteiger partial charge in [0.25, 0.3) is 0 Å². The monoisotopic (exact) mass is 180 g/mol. The van der Waals surface area contributed by atoms with E-state index in [2.05, 4.69) is 11.9 Å². The van der Waals surface area contributed by atoms with E-state index in [0.717, 1.165) is 18.8 Å². The fraction of sp³-hybridized carbons (Fsp3) is 0.700. The molecule has 1 aromatic heterocycles. The zero-order valence-electron chi connectivity index (χ0n) is 7.99. The molecule has 0 unspecified atom stereocenters. The van der Waals surface area contributed by atoms with Gasteiger partial charge in [-0.3, -0.25) is 4.57 Å². The van der Waals surface area contributed by atoms with Crippen LogP contribution in [0.2, 0.25) is 0 Å². The minimum Gasteiger partial charge on any atom is -0.313 e. The molecule has 0 atom stereocenters. The average molecular weight is 180 g/mol. The minimum atomic E-state index is 0.0413. The summed E-state index contributed by atoms with van der Waals surface area (Å²) < 4.78 is 1.84. The molecule has 1 fully saturated rings. The Balaban J connectivity index is 2.11. The molecular formula is C10H16N2O. The summed E-state index contributed by atoms with van der Waals surface area (Å²) in [6.45, 7) is 2.29. The molecule has 0 saturated heterocycles. The van der Waals surface area contributed by atoms with Crippen LogP contribution >= 0.6 is 0 Å². The third-order valence-electron chi connectivity index (χ3n) is 3.06. The summed E-state index contributed by atoms with van der Waals surface area (Å²) >= 11 is 0. The van der Waals surface area contributed by atoms with E-state index in [9.17, 15) is 4.79 Å². The van der Waals surface area contributed by atoms with Crippen LogP contribution in [-0.4, -0.2) is 9.55 Å². The molecule has 2 rings (SSSR count). The van der Waals surface area contributed by atoms with Gasteiger partial charge in [0.05, 0.1) is 0 Å². The van der Waals surface area contributed by atoms with Gasteiger partial charge in [0.2, 0.25) is 0 Å². The number of aromatic amines is 1. The molecule has 1 saturated carbocycles. The summed E-state index contributed by atoms with van der Waals surface area (Å²) in [5.41, 5.74) is 0.0413. The van der Waals surface area contributed by atoms with Crippen molar-refractivity contribution in [3.05, 3.63) is 22.9 Å². The van der Waals surface area contributed by atoms with Crippen LogP contribution in [0.3, 0.4) is 0 Å². The second-order valence-corrected chi connectivity index (χ2v) is 4.09. The normalized spacial score (nSPS) is 29.0. The smallest absolute Gasteiger partial charge is 0.313 e. The number of hydrogen-bond acceptors (Lipinski definition) is 1. The van der Waals surface area contributed by atoms with Gasteiger partial charge < -0.3 is 4.98 Å². The van der Waals surface area contributed by atoms with Gasteiger partial charge in [-0.15, -0.1) is 0 Å². The average Bonchev–Trinajstić information content (AvgIpc) is 2.53. The molecule has 0 amide bonds. The predicted molar refractivity (Wildman–Crippen MR) is 51.7 cm³/mol. The Morgan fingerprint density at radius 2 is 2.08 bits per heavy atom. The highest BCUT2D eigenvalue weighted by molar-refractivity contribution is 4.84. The van der Waals surface area contributed by atoms with Gasteiger partial charge in [-0.2, -0.15) is 0 Å². The van der Waals surface area contributed by atoms with Gasteiger partial charge in [0, 0.05) is 18.4 Å². The topological polar surface area (TPSA) is 37.8 Å². The van der Waals surface area contributed by atoms with Crippen molar-refractivity contribution in [2.24, 2.45) is 5.92 Å². The predicted octanol–water partition coefficient (Wildman–Crippen LogP) is 1.93. The Hall–Kier alpha value is -0.990. The summed E-state index contributed by atoms with van der Waals surface area (Å²) in [5.74, 6) is 0.839. The number of nitrogens with zero attached hydrogens (tertiary/aromatic N) is 1. The number of aromatic nitrogens is 2. The molecule has 3 nitrogen and oxygen atoms in total. The first-order chi connectivity index (χ1) is 6.27. The number of nitrogens with one attached hydrogen (secondary N) is 1. The second-order valence-electron chi connectivity index (χ2n) is 4.09. The first-order valence-corrected chi connectivity index (χ1v) is 5.03. The first kappa shape index (κ1) is 8.60. The number of H-pyrrole nitrogens is 1. The quantitative estimate of drug-likeness (QED) is 0.704. The highest BCUT2D eigenvalue weighted by Crippen LogP contribution is 2.30. The van der Waals surface area contributed by atoms with Crippen molar-refractivity contribution in [1.29, 1.82) is 0 Å². The lowest BCUT2D eigenvalue weighted by Crippen LogP contribution is -2.25. The Labute approximate surface area is 77.8 Å². The van der Waals surface area contributed by atoms with Crippen LogP contribution in [0.5, 0.6) is 0 Å². The summed E-state index contributed by atoms with van der Waals surface area (Å²) in [4.78, 5) is 14.0. The van der Waals surface area contributed by atoms with Crippen LogP contribution in [0.15, 0.2) is 17.2 Å². The second kappa shape index (κ2) is 3.40. The van der Waals surface area contributed by atoms with Crippen molar-refractivity contribution in [2.75, 3.05) is 0 Å². The summed E-state index contributed by atoms with van der Waals surface area (Å²) in [5, 5.41) is 0. The third kappa shape index (κ3) is 1.69. The van der Waals surface area contributed by atoms with Gasteiger partial charge in [-0.05, 0) is 31.6 Å². The zero-order valence-corrected chi connectivity index (χ0v) is 7.99. The van der Waals surface area contributed by atoms with Gasteiger partial charge in [-0.1, -0.05) is 6.92 Å². The molecule has 1 heterocycles. The maximum Gasteiger partial charge on any atom is 0.325 e. The van der Waals surface area contributed by atoms with Crippen molar-refractivity contribution in [1.82, 2.24) is 9.55 Å². The van der Waals surface area contributed by atoms with E-state index in [1.54, 1.807) is 6.20 Å². The highest BCUT2D eigenvalue weighted by Gasteiger charge is 2.20. The van der Waals surface area contributed by atoms with Gasteiger partial charge in [-0.25, -0.2) is 4.79 Å². The van der Waals surface area contributed by atoms with E-state index in [-0.39, 0.29) is 5.69 Å². The Bertz CT molecular complexity index is 318. The molecule has 0 radical (unpaired) electrons. The van der Waals surface area contributed by atoms with Crippen molar-refractivity contribution >= 4 is 0 Å². The van der Waals surface area contributed by atoms with E-state index >= 15 is 0 Å². The zero-order chi connectivity index (χ0) is 9.26. The van der Waals surface area contributed by atoms with E-state index < -0.39 is 0 Å².